The van der Waals surface area contributed by atoms with Gasteiger partial charge in [-0.1, -0.05) is 0 Å². The third-order valence-electron chi connectivity index (χ3n) is 4.02. The zero-order valence-corrected chi connectivity index (χ0v) is 13.0. The summed E-state index contributed by atoms with van der Waals surface area (Å²) in [6, 6.07) is 1.48. The number of nitrogens with zero attached hydrogens (tertiary/aromatic N) is 3. The van der Waals surface area contributed by atoms with Crippen LogP contribution < -0.4 is 10.6 Å². The molecule has 1 saturated heterocycles. The molecule has 0 bridgehead atoms. The van der Waals surface area contributed by atoms with Gasteiger partial charge in [-0.15, -0.1) is 0 Å². The Labute approximate surface area is 133 Å². The van der Waals surface area contributed by atoms with Crippen LogP contribution in [0.3, 0.4) is 0 Å². The van der Waals surface area contributed by atoms with Gasteiger partial charge in [0.1, 0.15) is 5.52 Å². The molecule has 1 aliphatic heterocycles. The Morgan fingerprint density at radius 3 is 3.17 bits per heavy atom. The molecule has 0 saturated carbocycles. The molecule has 23 heavy (non-hydrogen) atoms. The lowest BCUT2D eigenvalue weighted by Gasteiger charge is -2.32. The standard InChI is InChI=1S/C15H20N6O2/c1-10(22)21-6-2-3-11(9-21)7-18-15(23)20-13-8-17-14-12(19-13)4-5-16-14/h4-5,8,11H,2-3,6-7,9H2,1H3,(H,16,17)(H2,18,19,20,23). The predicted octanol–water partition coefficient (Wildman–Crippen LogP) is 1.34. The summed E-state index contributed by atoms with van der Waals surface area (Å²) in [5, 5.41) is 5.52. The van der Waals surface area contributed by atoms with Crippen molar-refractivity contribution in [3.8, 4) is 0 Å². The van der Waals surface area contributed by atoms with Crippen LogP contribution >= 0.6 is 0 Å². The monoisotopic (exact) mass is 316 g/mol. The van der Waals surface area contributed by atoms with E-state index in [1.807, 2.05) is 4.90 Å². The van der Waals surface area contributed by atoms with Gasteiger partial charge in [0.05, 0.1) is 6.20 Å². The van der Waals surface area contributed by atoms with Gasteiger partial charge in [0, 0.05) is 32.8 Å². The Balaban J connectivity index is 1.50. The third-order valence-corrected chi connectivity index (χ3v) is 4.02. The van der Waals surface area contributed by atoms with Gasteiger partial charge < -0.3 is 15.2 Å². The lowest BCUT2D eigenvalue weighted by Crippen LogP contribution is -2.43. The number of fused-ring (bicyclic) bond motifs is 1. The SMILES string of the molecule is CC(=O)N1CCCC(CNC(=O)Nc2cnc3[nH]ccc3n2)C1. The maximum Gasteiger partial charge on any atom is 0.320 e. The molecule has 3 N–H and O–H groups in total. The van der Waals surface area contributed by atoms with Gasteiger partial charge in [0.2, 0.25) is 5.91 Å². The molecule has 8 nitrogen and oxygen atoms in total. The van der Waals surface area contributed by atoms with E-state index in [-0.39, 0.29) is 17.9 Å². The molecular weight excluding hydrogens is 296 g/mol. The van der Waals surface area contributed by atoms with Crippen molar-refractivity contribution in [2.75, 3.05) is 25.0 Å². The van der Waals surface area contributed by atoms with Crippen LogP contribution in [0, 0.1) is 5.92 Å². The fraction of sp³-hybridized carbons (Fsp3) is 0.467. The van der Waals surface area contributed by atoms with Crippen molar-refractivity contribution in [3.63, 3.8) is 0 Å². The Bertz CT molecular complexity index is 713. The molecular formula is C15H20N6O2. The van der Waals surface area contributed by atoms with Gasteiger partial charge in [-0.05, 0) is 24.8 Å². The predicted molar refractivity (Wildman–Crippen MR) is 85.9 cm³/mol. The number of aromatic nitrogens is 3. The third kappa shape index (κ3) is 3.77. The average molecular weight is 316 g/mol. The van der Waals surface area contributed by atoms with Gasteiger partial charge in [0.25, 0.3) is 0 Å². The lowest BCUT2D eigenvalue weighted by molar-refractivity contribution is -0.130. The number of H-pyrrole nitrogens is 1. The van der Waals surface area contributed by atoms with Crippen LogP contribution in [0.4, 0.5) is 10.6 Å². The summed E-state index contributed by atoms with van der Waals surface area (Å²) in [6.45, 7) is 3.63. The van der Waals surface area contributed by atoms with Crippen LogP contribution in [0.15, 0.2) is 18.5 Å². The molecule has 0 aliphatic carbocycles. The molecule has 1 aliphatic rings. The summed E-state index contributed by atoms with van der Waals surface area (Å²) in [5.74, 6) is 0.787. The largest absolute Gasteiger partial charge is 0.345 e. The fourth-order valence-corrected chi connectivity index (χ4v) is 2.81. The Morgan fingerprint density at radius 1 is 1.48 bits per heavy atom. The summed E-state index contributed by atoms with van der Waals surface area (Å²) in [4.78, 5) is 36.6. The fourth-order valence-electron chi connectivity index (χ4n) is 2.81. The highest BCUT2D eigenvalue weighted by molar-refractivity contribution is 5.89. The molecule has 2 aromatic rings. The minimum Gasteiger partial charge on any atom is -0.345 e. The lowest BCUT2D eigenvalue weighted by atomic mass is 9.98. The van der Waals surface area contributed by atoms with Crippen LogP contribution in [0.1, 0.15) is 19.8 Å². The zero-order valence-electron chi connectivity index (χ0n) is 13.0. The highest BCUT2D eigenvalue weighted by Gasteiger charge is 2.21. The first-order valence-corrected chi connectivity index (χ1v) is 7.72. The molecule has 8 heteroatoms. The number of piperidine rings is 1. The van der Waals surface area contributed by atoms with Gasteiger partial charge in [-0.3, -0.25) is 10.1 Å². The number of anilines is 1. The van der Waals surface area contributed by atoms with E-state index in [9.17, 15) is 9.59 Å². The second kappa shape index (κ2) is 6.64. The molecule has 3 heterocycles. The number of likely N-dealkylation sites (tertiary alicyclic amines) is 1. The van der Waals surface area contributed by atoms with Crippen molar-refractivity contribution in [3.05, 3.63) is 18.5 Å². The van der Waals surface area contributed by atoms with E-state index in [0.29, 0.717) is 30.1 Å². The number of urea groups is 1. The zero-order chi connectivity index (χ0) is 16.2. The first-order valence-electron chi connectivity index (χ1n) is 7.72. The van der Waals surface area contributed by atoms with Crippen molar-refractivity contribution in [1.82, 2.24) is 25.2 Å². The second-order valence-corrected chi connectivity index (χ2v) is 5.78. The Kier molecular flexibility index (Phi) is 4.40. The summed E-state index contributed by atoms with van der Waals surface area (Å²) >= 11 is 0. The van der Waals surface area contributed by atoms with Gasteiger partial charge in [-0.2, -0.15) is 0 Å². The molecule has 1 atom stereocenters. The van der Waals surface area contributed by atoms with Crippen molar-refractivity contribution in [2.45, 2.75) is 19.8 Å². The highest BCUT2D eigenvalue weighted by Crippen LogP contribution is 2.16. The molecule has 2 aromatic heterocycles. The van der Waals surface area contributed by atoms with Crippen LogP contribution in [0.25, 0.3) is 11.2 Å². The molecule has 1 fully saturated rings. The highest BCUT2D eigenvalue weighted by atomic mass is 16.2. The first-order chi connectivity index (χ1) is 11.1. The van der Waals surface area contributed by atoms with E-state index in [4.69, 9.17) is 0 Å². The van der Waals surface area contributed by atoms with E-state index in [1.54, 1.807) is 19.2 Å². The summed E-state index contributed by atoms with van der Waals surface area (Å²) in [6.07, 6.45) is 5.25. The Hall–Kier alpha value is -2.64. The molecule has 122 valence electrons. The number of hydrogen-bond donors (Lipinski definition) is 3. The average Bonchev–Trinajstić information content (AvgIpc) is 3.01. The van der Waals surface area contributed by atoms with Gasteiger partial charge >= 0.3 is 6.03 Å². The van der Waals surface area contributed by atoms with Crippen LogP contribution in [-0.4, -0.2) is 51.4 Å². The maximum absolute atomic E-state index is 12.0. The molecule has 0 aromatic carbocycles. The quantitative estimate of drug-likeness (QED) is 0.795. The summed E-state index contributed by atoms with van der Waals surface area (Å²) < 4.78 is 0. The topological polar surface area (TPSA) is 103 Å². The van der Waals surface area contributed by atoms with E-state index in [0.717, 1.165) is 19.4 Å². The number of aromatic amines is 1. The molecule has 1 unspecified atom stereocenters. The smallest absolute Gasteiger partial charge is 0.320 e. The van der Waals surface area contributed by atoms with Crippen molar-refractivity contribution < 1.29 is 9.59 Å². The molecule has 0 spiro atoms. The number of carbonyl (C=O) groups excluding carboxylic acids is 2. The number of nitrogens with one attached hydrogen (secondary N) is 3. The number of rotatable bonds is 3. The Morgan fingerprint density at radius 2 is 2.35 bits per heavy atom. The number of amides is 3. The number of carbonyl (C=O) groups is 2. The minimum atomic E-state index is -0.311. The van der Waals surface area contributed by atoms with E-state index < -0.39 is 0 Å². The van der Waals surface area contributed by atoms with E-state index >= 15 is 0 Å². The van der Waals surface area contributed by atoms with Crippen molar-refractivity contribution in [2.24, 2.45) is 5.92 Å². The van der Waals surface area contributed by atoms with Gasteiger partial charge in [-0.25, -0.2) is 14.8 Å². The van der Waals surface area contributed by atoms with Crippen LogP contribution in [0.5, 0.6) is 0 Å². The van der Waals surface area contributed by atoms with Crippen LogP contribution in [-0.2, 0) is 4.79 Å². The normalized spacial score (nSPS) is 18.0. The van der Waals surface area contributed by atoms with Crippen molar-refractivity contribution >= 4 is 28.9 Å². The first kappa shape index (κ1) is 15.3. The molecule has 0 radical (unpaired) electrons. The van der Waals surface area contributed by atoms with E-state index in [1.165, 1.54) is 6.20 Å². The second-order valence-electron chi connectivity index (χ2n) is 5.78. The molecule has 3 rings (SSSR count). The summed E-state index contributed by atoms with van der Waals surface area (Å²) in [5.41, 5.74) is 1.38. The van der Waals surface area contributed by atoms with E-state index in [2.05, 4.69) is 25.6 Å². The summed E-state index contributed by atoms with van der Waals surface area (Å²) in [7, 11) is 0. The minimum absolute atomic E-state index is 0.0919. The molecule has 3 amide bonds. The number of hydrogen-bond acceptors (Lipinski definition) is 4. The maximum atomic E-state index is 12.0. The van der Waals surface area contributed by atoms with Gasteiger partial charge in [0.15, 0.2) is 11.5 Å². The van der Waals surface area contributed by atoms with Crippen molar-refractivity contribution in [1.29, 1.82) is 0 Å². The van der Waals surface area contributed by atoms with Crippen LogP contribution in [0.2, 0.25) is 0 Å².